The smallest absolute Gasteiger partial charge is 0.135 e. The number of nitrogens with two attached hydrogens (primary N) is 1. The van der Waals surface area contributed by atoms with Crippen molar-refractivity contribution in [3.8, 4) is 0 Å². The number of hydrogen-bond acceptors (Lipinski definition) is 3. The van der Waals surface area contributed by atoms with Gasteiger partial charge in [0.2, 0.25) is 0 Å². The lowest BCUT2D eigenvalue weighted by molar-refractivity contribution is 1.10. The summed E-state index contributed by atoms with van der Waals surface area (Å²) >= 11 is 5.82. The first-order valence-corrected chi connectivity index (χ1v) is 4.24. The predicted molar refractivity (Wildman–Crippen MR) is 53.7 cm³/mol. The first-order chi connectivity index (χ1) is 6.16. The summed E-state index contributed by atoms with van der Waals surface area (Å²) in [5.74, 6) is 1.16. The molecule has 0 fully saturated rings. The summed E-state index contributed by atoms with van der Waals surface area (Å²) < 4.78 is 0. The van der Waals surface area contributed by atoms with Crippen molar-refractivity contribution < 1.29 is 0 Å². The van der Waals surface area contributed by atoms with E-state index in [1.54, 1.807) is 19.1 Å². The van der Waals surface area contributed by atoms with Crippen LogP contribution in [0, 0.1) is 6.92 Å². The molecule has 1 heterocycles. The highest BCUT2D eigenvalue weighted by Crippen LogP contribution is 2.21. The average molecular weight is 194 g/mol. The summed E-state index contributed by atoms with van der Waals surface area (Å²) in [6.45, 7) is 1.80. The van der Waals surface area contributed by atoms with Crippen molar-refractivity contribution >= 4 is 28.3 Å². The number of fused-ring (bicyclic) bond motifs is 1. The van der Waals surface area contributed by atoms with E-state index < -0.39 is 0 Å². The van der Waals surface area contributed by atoms with Gasteiger partial charge >= 0.3 is 0 Å². The lowest BCUT2D eigenvalue weighted by Gasteiger charge is -2.01. The molecule has 1 aromatic heterocycles. The van der Waals surface area contributed by atoms with E-state index in [0.717, 1.165) is 10.9 Å². The molecule has 0 saturated carbocycles. The number of benzene rings is 1. The Balaban J connectivity index is 2.86. The molecule has 1 aromatic carbocycles. The minimum Gasteiger partial charge on any atom is -0.383 e. The van der Waals surface area contributed by atoms with Crippen molar-refractivity contribution in [3.63, 3.8) is 0 Å². The van der Waals surface area contributed by atoms with Gasteiger partial charge < -0.3 is 5.73 Å². The van der Waals surface area contributed by atoms with Crippen LogP contribution in [0.5, 0.6) is 0 Å². The Hall–Kier alpha value is -1.35. The molecule has 0 aliphatic carbocycles. The van der Waals surface area contributed by atoms with Crippen LogP contribution >= 0.6 is 11.6 Å². The van der Waals surface area contributed by atoms with E-state index in [1.807, 2.05) is 6.07 Å². The van der Waals surface area contributed by atoms with Gasteiger partial charge in [0, 0.05) is 10.4 Å². The zero-order chi connectivity index (χ0) is 9.42. The van der Waals surface area contributed by atoms with Crippen LogP contribution in [0.3, 0.4) is 0 Å². The third kappa shape index (κ3) is 1.42. The molecule has 0 unspecified atom stereocenters. The van der Waals surface area contributed by atoms with Crippen LogP contribution in [0.15, 0.2) is 18.2 Å². The van der Waals surface area contributed by atoms with Crippen molar-refractivity contribution in [1.29, 1.82) is 0 Å². The maximum absolute atomic E-state index is 5.82. The maximum atomic E-state index is 5.82. The molecule has 2 N–H and O–H groups in total. The lowest BCUT2D eigenvalue weighted by Crippen LogP contribution is -1.96. The molecule has 4 heteroatoms. The molecule has 0 saturated heterocycles. The Morgan fingerprint density at radius 1 is 1.31 bits per heavy atom. The molecule has 0 spiro atoms. The molecule has 0 bridgehead atoms. The van der Waals surface area contributed by atoms with E-state index in [1.165, 1.54) is 0 Å². The molecule has 13 heavy (non-hydrogen) atoms. The zero-order valence-electron chi connectivity index (χ0n) is 7.08. The Morgan fingerprint density at radius 2 is 2.08 bits per heavy atom. The summed E-state index contributed by atoms with van der Waals surface area (Å²) in [4.78, 5) is 8.28. The Bertz CT molecular complexity index is 462. The first-order valence-electron chi connectivity index (χ1n) is 3.86. The number of anilines is 1. The van der Waals surface area contributed by atoms with Crippen molar-refractivity contribution in [2.75, 3.05) is 5.73 Å². The Labute approximate surface area is 80.6 Å². The van der Waals surface area contributed by atoms with Crippen LogP contribution in [-0.4, -0.2) is 9.97 Å². The van der Waals surface area contributed by atoms with Crippen molar-refractivity contribution in [3.05, 3.63) is 29.0 Å². The molecule has 0 atom stereocenters. The van der Waals surface area contributed by atoms with E-state index in [9.17, 15) is 0 Å². The van der Waals surface area contributed by atoms with Crippen LogP contribution in [0.2, 0.25) is 5.02 Å². The highest BCUT2D eigenvalue weighted by atomic mass is 35.5. The number of hydrogen-bond donors (Lipinski definition) is 1. The molecule has 0 radical (unpaired) electrons. The molecule has 0 amide bonds. The van der Waals surface area contributed by atoms with Crippen LogP contribution in [0.1, 0.15) is 5.82 Å². The second-order valence-electron chi connectivity index (χ2n) is 2.82. The Morgan fingerprint density at radius 3 is 2.85 bits per heavy atom. The SMILES string of the molecule is Cc1nc(N)c2ccc(Cl)cc2n1. The summed E-state index contributed by atoms with van der Waals surface area (Å²) in [5, 5.41) is 1.50. The van der Waals surface area contributed by atoms with Crippen molar-refractivity contribution in [1.82, 2.24) is 9.97 Å². The standard InChI is InChI=1S/C9H8ClN3/c1-5-12-8-4-6(10)2-3-7(8)9(11)13-5/h2-4H,1H3,(H2,11,12,13). The van der Waals surface area contributed by atoms with Gasteiger partial charge in [-0.05, 0) is 25.1 Å². The van der Waals surface area contributed by atoms with E-state index in [0.29, 0.717) is 16.7 Å². The number of aromatic nitrogens is 2. The summed E-state index contributed by atoms with van der Waals surface area (Å²) in [5.41, 5.74) is 6.50. The zero-order valence-corrected chi connectivity index (χ0v) is 7.84. The van der Waals surface area contributed by atoms with Gasteiger partial charge in [-0.3, -0.25) is 0 Å². The summed E-state index contributed by atoms with van der Waals surface area (Å²) in [6.07, 6.45) is 0. The van der Waals surface area contributed by atoms with Crippen molar-refractivity contribution in [2.24, 2.45) is 0 Å². The minimum absolute atomic E-state index is 0.499. The molecule has 0 aliphatic rings. The van der Waals surface area contributed by atoms with E-state index in [2.05, 4.69) is 9.97 Å². The number of halogens is 1. The second kappa shape index (κ2) is 2.85. The number of aryl methyl sites for hydroxylation is 1. The molecule has 66 valence electrons. The van der Waals surface area contributed by atoms with Crippen LogP contribution in [0.25, 0.3) is 10.9 Å². The fourth-order valence-electron chi connectivity index (χ4n) is 1.25. The topological polar surface area (TPSA) is 51.8 Å². The van der Waals surface area contributed by atoms with Gasteiger partial charge in [-0.2, -0.15) is 0 Å². The van der Waals surface area contributed by atoms with Crippen LogP contribution < -0.4 is 5.73 Å². The van der Waals surface area contributed by atoms with E-state index >= 15 is 0 Å². The van der Waals surface area contributed by atoms with Crippen LogP contribution in [0.4, 0.5) is 5.82 Å². The third-order valence-corrected chi connectivity index (χ3v) is 2.04. The maximum Gasteiger partial charge on any atom is 0.135 e. The lowest BCUT2D eigenvalue weighted by atomic mass is 10.2. The highest BCUT2D eigenvalue weighted by molar-refractivity contribution is 6.31. The van der Waals surface area contributed by atoms with E-state index in [4.69, 9.17) is 17.3 Å². The summed E-state index contributed by atoms with van der Waals surface area (Å²) in [6, 6.07) is 5.38. The number of nitrogens with zero attached hydrogens (tertiary/aromatic N) is 2. The van der Waals surface area contributed by atoms with Gasteiger partial charge in [-0.15, -0.1) is 0 Å². The Kier molecular flexibility index (Phi) is 1.81. The molecular formula is C9H8ClN3. The molecular weight excluding hydrogens is 186 g/mol. The fourth-order valence-corrected chi connectivity index (χ4v) is 1.41. The average Bonchev–Trinajstić information content (AvgIpc) is 2.02. The highest BCUT2D eigenvalue weighted by Gasteiger charge is 2.02. The second-order valence-corrected chi connectivity index (χ2v) is 3.25. The molecule has 2 rings (SSSR count). The minimum atomic E-state index is 0.499. The van der Waals surface area contributed by atoms with Crippen molar-refractivity contribution in [2.45, 2.75) is 6.92 Å². The first kappa shape index (κ1) is 8.26. The third-order valence-electron chi connectivity index (χ3n) is 1.80. The monoisotopic (exact) mass is 193 g/mol. The number of rotatable bonds is 0. The quantitative estimate of drug-likeness (QED) is 0.698. The van der Waals surface area contributed by atoms with Gasteiger partial charge in [0.15, 0.2) is 0 Å². The summed E-state index contributed by atoms with van der Waals surface area (Å²) in [7, 11) is 0. The van der Waals surface area contributed by atoms with Gasteiger partial charge in [0.05, 0.1) is 5.52 Å². The van der Waals surface area contributed by atoms with Gasteiger partial charge in [-0.1, -0.05) is 11.6 Å². The largest absolute Gasteiger partial charge is 0.383 e. The molecule has 0 aliphatic heterocycles. The fraction of sp³-hybridized carbons (Fsp3) is 0.111. The molecule has 3 nitrogen and oxygen atoms in total. The molecule has 2 aromatic rings. The predicted octanol–water partition coefficient (Wildman–Crippen LogP) is 2.17. The number of nitrogen functional groups attached to an aromatic ring is 1. The van der Waals surface area contributed by atoms with Gasteiger partial charge in [0.1, 0.15) is 11.6 Å². The van der Waals surface area contributed by atoms with Gasteiger partial charge in [0.25, 0.3) is 0 Å². The van der Waals surface area contributed by atoms with Crippen LogP contribution in [-0.2, 0) is 0 Å². The van der Waals surface area contributed by atoms with Gasteiger partial charge in [-0.25, -0.2) is 9.97 Å². The van der Waals surface area contributed by atoms with E-state index in [-0.39, 0.29) is 0 Å². The normalized spacial score (nSPS) is 10.6.